The first-order valence-electron chi connectivity index (χ1n) is 9.70. The van der Waals surface area contributed by atoms with E-state index in [2.05, 4.69) is 94.0 Å². The lowest BCUT2D eigenvalue weighted by molar-refractivity contribution is 0.727. The van der Waals surface area contributed by atoms with Gasteiger partial charge in [-0.2, -0.15) is 0 Å². The molecule has 4 rings (SSSR count). The Kier molecular flexibility index (Phi) is 5.35. The molecule has 2 heterocycles. The Labute approximate surface area is 165 Å². The zero-order valence-electron chi connectivity index (χ0n) is 16.2. The summed E-state index contributed by atoms with van der Waals surface area (Å²) in [6.07, 6.45) is 1.60. The lowest BCUT2D eigenvalue weighted by Crippen LogP contribution is -2.11. The van der Waals surface area contributed by atoms with Crippen molar-refractivity contribution in [3.8, 4) is 11.3 Å². The fourth-order valence-corrected chi connectivity index (χ4v) is 3.31. The van der Waals surface area contributed by atoms with Gasteiger partial charge in [-0.05, 0) is 36.2 Å². The van der Waals surface area contributed by atoms with Crippen LogP contribution in [0.4, 0.5) is 5.82 Å². The van der Waals surface area contributed by atoms with E-state index in [1.807, 2.05) is 6.07 Å². The zero-order chi connectivity index (χ0) is 19.3. The molecular formula is C23H25N5. The number of fused-ring (bicyclic) bond motifs is 1. The van der Waals surface area contributed by atoms with Crippen LogP contribution in [-0.2, 0) is 6.54 Å². The topological polar surface area (TPSA) is 65.6 Å². The first-order chi connectivity index (χ1) is 13.7. The largest absolute Gasteiger partial charge is 0.363 e. The molecule has 0 spiro atoms. The molecule has 3 N–H and O–H groups in total. The van der Waals surface area contributed by atoms with Gasteiger partial charge in [-0.1, -0.05) is 61.5 Å². The van der Waals surface area contributed by atoms with Gasteiger partial charge in [0.1, 0.15) is 17.8 Å². The molecule has 0 amide bonds. The van der Waals surface area contributed by atoms with Gasteiger partial charge in [0, 0.05) is 18.3 Å². The van der Waals surface area contributed by atoms with Crippen molar-refractivity contribution >= 4 is 16.9 Å². The molecule has 0 radical (unpaired) electrons. The van der Waals surface area contributed by atoms with Crippen LogP contribution in [-0.4, -0.2) is 21.5 Å². The van der Waals surface area contributed by atoms with Gasteiger partial charge in [0.25, 0.3) is 0 Å². The smallest absolute Gasteiger partial charge is 0.143 e. The van der Waals surface area contributed by atoms with Gasteiger partial charge in [-0.25, -0.2) is 9.97 Å². The highest BCUT2D eigenvalue weighted by Crippen LogP contribution is 2.29. The third-order valence-corrected chi connectivity index (χ3v) is 4.92. The second-order valence-corrected chi connectivity index (χ2v) is 6.92. The quantitative estimate of drug-likeness (QED) is 0.432. The average Bonchev–Trinajstić information content (AvgIpc) is 3.18. The highest BCUT2D eigenvalue weighted by atomic mass is 15.1. The van der Waals surface area contributed by atoms with Crippen LogP contribution in [0, 0.1) is 0 Å². The van der Waals surface area contributed by atoms with Crippen molar-refractivity contribution < 1.29 is 0 Å². The van der Waals surface area contributed by atoms with Gasteiger partial charge in [0.05, 0.1) is 5.39 Å². The lowest BCUT2D eigenvalue weighted by atomic mass is 10.1. The molecule has 0 saturated heterocycles. The van der Waals surface area contributed by atoms with Crippen LogP contribution in [0.1, 0.15) is 31.0 Å². The number of hydrogen-bond acceptors (Lipinski definition) is 4. The Hall–Kier alpha value is -3.18. The highest BCUT2D eigenvalue weighted by Gasteiger charge is 2.12. The highest BCUT2D eigenvalue weighted by molar-refractivity contribution is 5.91. The van der Waals surface area contributed by atoms with Gasteiger partial charge >= 0.3 is 0 Å². The molecule has 0 bridgehead atoms. The maximum absolute atomic E-state index is 4.48. The molecule has 0 fully saturated rings. The van der Waals surface area contributed by atoms with E-state index in [1.165, 1.54) is 11.1 Å². The van der Waals surface area contributed by atoms with E-state index in [4.69, 9.17) is 0 Å². The fourth-order valence-electron chi connectivity index (χ4n) is 3.31. The number of rotatable bonds is 7. The molecule has 0 unspecified atom stereocenters. The molecule has 0 aliphatic heterocycles. The van der Waals surface area contributed by atoms with E-state index in [0.717, 1.165) is 41.2 Å². The predicted molar refractivity (Wildman–Crippen MR) is 115 cm³/mol. The van der Waals surface area contributed by atoms with Crippen LogP contribution in [0.5, 0.6) is 0 Å². The van der Waals surface area contributed by atoms with Crippen LogP contribution in [0.25, 0.3) is 22.3 Å². The molecule has 142 valence electrons. The fraction of sp³-hybridized carbons (Fsp3) is 0.217. The number of H-pyrrole nitrogens is 1. The summed E-state index contributed by atoms with van der Waals surface area (Å²) in [6.45, 7) is 6.12. The van der Waals surface area contributed by atoms with Crippen molar-refractivity contribution in [3.63, 3.8) is 0 Å². The Balaban J connectivity index is 1.60. The van der Waals surface area contributed by atoms with Crippen molar-refractivity contribution in [3.05, 3.63) is 78.1 Å². The third-order valence-electron chi connectivity index (χ3n) is 4.92. The van der Waals surface area contributed by atoms with E-state index >= 15 is 0 Å². The minimum Gasteiger partial charge on any atom is -0.363 e. The lowest BCUT2D eigenvalue weighted by Gasteiger charge is -2.15. The van der Waals surface area contributed by atoms with Gasteiger partial charge in [-0.15, -0.1) is 0 Å². The van der Waals surface area contributed by atoms with Gasteiger partial charge in [0.15, 0.2) is 0 Å². The van der Waals surface area contributed by atoms with E-state index < -0.39 is 0 Å². The Morgan fingerprint density at radius 1 is 1.00 bits per heavy atom. The van der Waals surface area contributed by atoms with Crippen molar-refractivity contribution in [1.82, 2.24) is 20.3 Å². The number of anilines is 1. The molecule has 1 atom stereocenters. The Morgan fingerprint density at radius 3 is 2.54 bits per heavy atom. The van der Waals surface area contributed by atoms with Gasteiger partial charge in [-0.3, -0.25) is 0 Å². The van der Waals surface area contributed by atoms with Crippen LogP contribution < -0.4 is 10.6 Å². The van der Waals surface area contributed by atoms with E-state index in [0.29, 0.717) is 0 Å². The molecule has 5 nitrogen and oxygen atoms in total. The van der Waals surface area contributed by atoms with Crippen molar-refractivity contribution in [1.29, 1.82) is 0 Å². The molecular weight excluding hydrogens is 346 g/mol. The summed E-state index contributed by atoms with van der Waals surface area (Å²) < 4.78 is 0. The van der Waals surface area contributed by atoms with Gasteiger partial charge < -0.3 is 15.6 Å². The Morgan fingerprint density at radius 2 is 1.79 bits per heavy atom. The first kappa shape index (κ1) is 18.2. The second kappa shape index (κ2) is 8.23. The maximum Gasteiger partial charge on any atom is 0.143 e. The number of nitrogens with zero attached hydrogens (tertiary/aromatic N) is 2. The van der Waals surface area contributed by atoms with Crippen molar-refractivity contribution in [2.45, 2.75) is 26.4 Å². The summed E-state index contributed by atoms with van der Waals surface area (Å²) in [5.41, 5.74) is 5.52. The summed E-state index contributed by atoms with van der Waals surface area (Å²) in [5, 5.41) is 7.87. The van der Waals surface area contributed by atoms with Crippen LogP contribution >= 0.6 is 0 Å². The number of aromatic nitrogens is 3. The molecule has 5 heteroatoms. The molecule has 2 aromatic carbocycles. The number of nitrogens with one attached hydrogen (secondary N) is 3. The summed E-state index contributed by atoms with van der Waals surface area (Å²) in [4.78, 5) is 12.3. The van der Waals surface area contributed by atoms with Crippen LogP contribution in [0.3, 0.4) is 0 Å². The zero-order valence-corrected chi connectivity index (χ0v) is 16.2. The summed E-state index contributed by atoms with van der Waals surface area (Å²) >= 11 is 0. The van der Waals surface area contributed by atoms with Crippen molar-refractivity contribution in [2.24, 2.45) is 0 Å². The predicted octanol–water partition coefficient (Wildman–Crippen LogP) is 4.91. The van der Waals surface area contributed by atoms with Crippen LogP contribution in [0.2, 0.25) is 0 Å². The monoisotopic (exact) mass is 371 g/mol. The van der Waals surface area contributed by atoms with E-state index in [-0.39, 0.29) is 6.04 Å². The summed E-state index contributed by atoms with van der Waals surface area (Å²) in [7, 11) is 0. The molecule has 4 aromatic rings. The van der Waals surface area contributed by atoms with Gasteiger partial charge in [0.2, 0.25) is 0 Å². The standard InChI is InChI=1S/C23H25N5/c1-3-24-14-17-9-11-19(12-10-17)21-13-20-22(25-15-26-23(20)28-21)27-16(2)18-7-5-4-6-8-18/h4-13,15-16,24H,3,14H2,1-2H3,(H2,25,26,27,28)/t16-/m1/s1. The number of aromatic amines is 1. The number of benzene rings is 2. The molecule has 0 saturated carbocycles. The van der Waals surface area contributed by atoms with E-state index in [9.17, 15) is 0 Å². The minimum atomic E-state index is 0.156. The van der Waals surface area contributed by atoms with E-state index in [1.54, 1.807) is 6.33 Å². The maximum atomic E-state index is 4.48. The SMILES string of the molecule is CCNCc1ccc(-c2cc3c(N[C@H](C)c4ccccc4)ncnc3[nH]2)cc1. The second-order valence-electron chi connectivity index (χ2n) is 6.92. The molecule has 0 aliphatic carbocycles. The summed E-state index contributed by atoms with van der Waals surface area (Å²) in [5.74, 6) is 0.840. The molecule has 28 heavy (non-hydrogen) atoms. The average molecular weight is 371 g/mol. The van der Waals surface area contributed by atoms with Crippen LogP contribution in [0.15, 0.2) is 67.0 Å². The normalized spacial score (nSPS) is 12.2. The molecule has 0 aliphatic rings. The number of hydrogen-bond donors (Lipinski definition) is 3. The molecule has 2 aromatic heterocycles. The third kappa shape index (κ3) is 3.89. The first-order valence-corrected chi connectivity index (χ1v) is 9.70. The minimum absolute atomic E-state index is 0.156. The summed E-state index contributed by atoms with van der Waals surface area (Å²) in [6, 6.07) is 21.3. The Bertz CT molecular complexity index is 1040. The van der Waals surface area contributed by atoms with Crippen molar-refractivity contribution in [2.75, 3.05) is 11.9 Å².